The van der Waals surface area contributed by atoms with Gasteiger partial charge in [0.1, 0.15) is 5.69 Å². The first-order valence-corrected chi connectivity index (χ1v) is 6.90. The molecule has 1 aromatic heterocycles. The fourth-order valence-electron chi connectivity index (χ4n) is 2.06. The number of nitrogens with zero attached hydrogens (tertiary/aromatic N) is 3. The summed E-state index contributed by atoms with van der Waals surface area (Å²) in [6, 6.07) is 4.31. The number of carbonyl (C=O) groups is 1. The van der Waals surface area contributed by atoms with E-state index in [-0.39, 0.29) is 18.0 Å². The van der Waals surface area contributed by atoms with Crippen LogP contribution in [0.15, 0.2) is 22.6 Å². The highest BCUT2D eigenvalue weighted by Gasteiger charge is 2.29. The number of nitro benzene ring substituents is 1. The lowest BCUT2D eigenvalue weighted by Gasteiger charge is -2.05. The van der Waals surface area contributed by atoms with Gasteiger partial charge in [0.2, 0.25) is 11.8 Å². The molecule has 0 aliphatic heterocycles. The summed E-state index contributed by atoms with van der Waals surface area (Å²) >= 11 is 0. The summed E-state index contributed by atoms with van der Waals surface area (Å²) in [6.45, 7) is 1.56. The summed E-state index contributed by atoms with van der Waals surface area (Å²) in [7, 11) is 0. The van der Waals surface area contributed by atoms with Crippen LogP contribution >= 0.6 is 0 Å². The van der Waals surface area contributed by atoms with E-state index >= 15 is 0 Å². The third-order valence-corrected chi connectivity index (χ3v) is 3.44. The van der Waals surface area contributed by atoms with Crippen LogP contribution in [-0.2, 0) is 6.54 Å². The van der Waals surface area contributed by atoms with E-state index in [0.29, 0.717) is 29.0 Å². The van der Waals surface area contributed by atoms with Gasteiger partial charge in [-0.1, -0.05) is 0 Å². The standard InChI is InChI=1S/C14H14N4O4/c1-8(19)10-4-5-11(12(6-10)18(20)21)15-7-13-16-17-14(22-13)9-2-3-9/h4-6,9,15H,2-3,7H2,1H3. The predicted molar refractivity (Wildman–Crippen MR) is 76.7 cm³/mol. The van der Waals surface area contributed by atoms with E-state index in [1.54, 1.807) is 6.07 Å². The summed E-state index contributed by atoms with van der Waals surface area (Å²) in [5.41, 5.74) is 0.446. The van der Waals surface area contributed by atoms with Gasteiger partial charge in [-0.15, -0.1) is 10.2 Å². The first-order chi connectivity index (χ1) is 10.5. The number of anilines is 1. The minimum atomic E-state index is -0.530. The molecule has 0 radical (unpaired) electrons. The van der Waals surface area contributed by atoms with Gasteiger partial charge in [-0.25, -0.2) is 0 Å². The Bertz CT molecular complexity index is 736. The van der Waals surface area contributed by atoms with Crippen molar-refractivity contribution < 1.29 is 14.1 Å². The van der Waals surface area contributed by atoms with Crippen molar-refractivity contribution in [1.29, 1.82) is 0 Å². The van der Waals surface area contributed by atoms with Crippen LogP contribution in [0.5, 0.6) is 0 Å². The molecule has 114 valence electrons. The Hall–Kier alpha value is -2.77. The van der Waals surface area contributed by atoms with Crippen LogP contribution in [0.3, 0.4) is 0 Å². The highest BCUT2D eigenvalue weighted by molar-refractivity contribution is 5.95. The Kier molecular flexibility index (Phi) is 3.58. The summed E-state index contributed by atoms with van der Waals surface area (Å²) in [4.78, 5) is 21.9. The Labute approximate surface area is 125 Å². The molecule has 0 spiro atoms. The second-order valence-corrected chi connectivity index (χ2v) is 5.21. The van der Waals surface area contributed by atoms with Crippen LogP contribution in [0.4, 0.5) is 11.4 Å². The predicted octanol–water partition coefficient (Wildman–Crippen LogP) is 2.67. The molecule has 0 saturated heterocycles. The number of benzene rings is 1. The molecule has 3 rings (SSSR count). The van der Waals surface area contributed by atoms with Crippen molar-refractivity contribution in [3.8, 4) is 0 Å². The van der Waals surface area contributed by atoms with E-state index < -0.39 is 4.92 Å². The van der Waals surface area contributed by atoms with E-state index in [0.717, 1.165) is 12.8 Å². The SMILES string of the molecule is CC(=O)c1ccc(NCc2nnc(C3CC3)o2)c([N+](=O)[O-])c1. The molecule has 1 aliphatic carbocycles. The lowest BCUT2D eigenvalue weighted by molar-refractivity contribution is -0.384. The van der Waals surface area contributed by atoms with E-state index in [1.165, 1.54) is 19.1 Å². The van der Waals surface area contributed by atoms with Crippen LogP contribution in [0.25, 0.3) is 0 Å². The van der Waals surface area contributed by atoms with Crippen molar-refractivity contribution in [2.45, 2.75) is 32.2 Å². The van der Waals surface area contributed by atoms with Gasteiger partial charge in [-0.05, 0) is 31.9 Å². The molecule has 0 unspecified atom stereocenters. The Morgan fingerprint density at radius 1 is 1.45 bits per heavy atom. The topological polar surface area (TPSA) is 111 Å². The minimum absolute atomic E-state index is 0.158. The van der Waals surface area contributed by atoms with Crippen molar-refractivity contribution in [3.05, 3.63) is 45.7 Å². The highest BCUT2D eigenvalue weighted by Crippen LogP contribution is 2.39. The molecule has 8 nitrogen and oxygen atoms in total. The summed E-state index contributed by atoms with van der Waals surface area (Å²) < 4.78 is 5.48. The van der Waals surface area contributed by atoms with Gasteiger partial charge in [-0.2, -0.15) is 0 Å². The molecule has 8 heteroatoms. The van der Waals surface area contributed by atoms with Crippen molar-refractivity contribution in [1.82, 2.24) is 10.2 Å². The monoisotopic (exact) mass is 302 g/mol. The average molecular weight is 302 g/mol. The van der Waals surface area contributed by atoms with Crippen molar-refractivity contribution >= 4 is 17.2 Å². The van der Waals surface area contributed by atoms with Crippen LogP contribution in [-0.4, -0.2) is 20.9 Å². The summed E-state index contributed by atoms with van der Waals surface area (Å²) in [6.07, 6.45) is 2.13. The Morgan fingerprint density at radius 2 is 2.23 bits per heavy atom. The smallest absolute Gasteiger partial charge is 0.293 e. The number of Topliss-reactive ketones (excluding diaryl/α,β-unsaturated/α-hetero) is 1. The molecule has 22 heavy (non-hydrogen) atoms. The minimum Gasteiger partial charge on any atom is -0.423 e. The maximum Gasteiger partial charge on any atom is 0.293 e. The molecular formula is C14H14N4O4. The van der Waals surface area contributed by atoms with Gasteiger partial charge in [0.25, 0.3) is 5.69 Å². The third-order valence-electron chi connectivity index (χ3n) is 3.44. The Morgan fingerprint density at radius 3 is 2.86 bits per heavy atom. The van der Waals surface area contributed by atoms with Crippen LogP contribution < -0.4 is 5.32 Å². The van der Waals surface area contributed by atoms with Crippen molar-refractivity contribution in [2.75, 3.05) is 5.32 Å². The number of aromatic nitrogens is 2. The third kappa shape index (κ3) is 2.95. The molecule has 1 fully saturated rings. The normalized spacial score (nSPS) is 13.9. The van der Waals surface area contributed by atoms with Crippen molar-refractivity contribution in [3.63, 3.8) is 0 Å². The fourth-order valence-corrected chi connectivity index (χ4v) is 2.06. The zero-order chi connectivity index (χ0) is 15.7. The number of hydrogen-bond donors (Lipinski definition) is 1. The van der Waals surface area contributed by atoms with Crippen LogP contribution in [0.2, 0.25) is 0 Å². The van der Waals surface area contributed by atoms with Gasteiger partial charge < -0.3 is 9.73 Å². The second kappa shape index (κ2) is 5.55. The molecule has 1 aliphatic rings. The molecule has 1 saturated carbocycles. The highest BCUT2D eigenvalue weighted by atomic mass is 16.6. The van der Waals surface area contributed by atoms with Gasteiger partial charge >= 0.3 is 0 Å². The quantitative estimate of drug-likeness (QED) is 0.496. The Balaban J connectivity index is 1.75. The average Bonchev–Trinajstić information content (AvgIpc) is 3.23. The zero-order valence-electron chi connectivity index (χ0n) is 11.9. The lowest BCUT2D eigenvalue weighted by atomic mass is 10.1. The molecule has 1 aromatic carbocycles. The van der Waals surface area contributed by atoms with Gasteiger partial charge in [-0.3, -0.25) is 14.9 Å². The molecule has 1 heterocycles. The molecule has 2 aromatic rings. The fraction of sp³-hybridized carbons (Fsp3) is 0.357. The molecule has 0 amide bonds. The maximum atomic E-state index is 11.3. The largest absolute Gasteiger partial charge is 0.423 e. The zero-order valence-corrected chi connectivity index (χ0v) is 11.9. The first-order valence-electron chi connectivity index (χ1n) is 6.90. The van der Waals surface area contributed by atoms with Gasteiger partial charge in [0.15, 0.2) is 5.78 Å². The maximum absolute atomic E-state index is 11.3. The number of hydrogen-bond acceptors (Lipinski definition) is 7. The van der Waals surface area contributed by atoms with E-state index in [9.17, 15) is 14.9 Å². The first kappa shape index (κ1) is 14.2. The molecule has 0 atom stereocenters. The summed E-state index contributed by atoms with van der Waals surface area (Å²) in [5.74, 6) is 1.15. The number of ketones is 1. The molecule has 0 bridgehead atoms. The van der Waals surface area contributed by atoms with E-state index in [4.69, 9.17) is 4.42 Å². The lowest BCUT2D eigenvalue weighted by Crippen LogP contribution is -2.04. The van der Waals surface area contributed by atoms with Crippen LogP contribution in [0, 0.1) is 10.1 Å². The van der Waals surface area contributed by atoms with Gasteiger partial charge in [0, 0.05) is 17.5 Å². The van der Waals surface area contributed by atoms with Crippen molar-refractivity contribution in [2.24, 2.45) is 0 Å². The summed E-state index contributed by atoms with van der Waals surface area (Å²) in [5, 5.41) is 21.9. The molecule has 1 N–H and O–H groups in total. The number of rotatable bonds is 6. The molecular weight excluding hydrogens is 288 g/mol. The van der Waals surface area contributed by atoms with E-state index in [1.807, 2.05) is 0 Å². The van der Waals surface area contributed by atoms with Crippen LogP contribution in [0.1, 0.15) is 47.8 Å². The number of carbonyl (C=O) groups excluding carboxylic acids is 1. The number of nitrogens with one attached hydrogen (secondary N) is 1. The number of nitro groups is 1. The second-order valence-electron chi connectivity index (χ2n) is 5.21. The van der Waals surface area contributed by atoms with Gasteiger partial charge in [0.05, 0.1) is 11.5 Å². The van der Waals surface area contributed by atoms with E-state index in [2.05, 4.69) is 15.5 Å².